The summed E-state index contributed by atoms with van der Waals surface area (Å²) < 4.78 is 2.02. The number of benzene rings is 1. The number of carbonyl (C=O) groups is 1. The van der Waals surface area contributed by atoms with Crippen LogP contribution in [0.15, 0.2) is 78.0 Å². The quantitative estimate of drug-likeness (QED) is 0.598. The van der Waals surface area contributed by atoms with E-state index >= 15 is 0 Å². The van der Waals surface area contributed by atoms with Gasteiger partial charge in [-0.05, 0) is 55.8 Å². The number of carbonyl (C=O) groups excluding carboxylic acids is 1. The van der Waals surface area contributed by atoms with E-state index in [1.807, 2.05) is 59.4 Å². The van der Waals surface area contributed by atoms with E-state index in [4.69, 9.17) is 11.6 Å². The summed E-state index contributed by atoms with van der Waals surface area (Å²) in [6.07, 6.45) is 7.02. The summed E-state index contributed by atoms with van der Waals surface area (Å²) >= 11 is 6.05. The highest BCUT2D eigenvalue weighted by atomic mass is 35.5. The van der Waals surface area contributed by atoms with Gasteiger partial charge in [0.15, 0.2) is 5.43 Å². The molecule has 3 heterocycles. The van der Waals surface area contributed by atoms with Crippen LogP contribution in [-0.2, 0) is 11.3 Å². The normalized spacial score (nSPS) is 15.9. The van der Waals surface area contributed by atoms with Gasteiger partial charge in [0.1, 0.15) is 0 Å². The molecule has 1 saturated heterocycles. The molecule has 3 aromatic rings. The number of hydrogen-bond acceptors (Lipinski definition) is 4. The molecule has 1 N–H and O–H groups in total. The van der Waals surface area contributed by atoms with Crippen molar-refractivity contribution in [2.75, 3.05) is 19.6 Å². The van der Waals surface area contributed by atoms with E-state index in [2.05, 4.69) is 15.2 Å². The van der Waals surface area contributed by atoms with Gasteiger partial charge in [-0.2, -0.15) is 0 Å². The second-order valence-electron chi connectivity index (χ2n) is 8.14. The van der Waals surface area contributed by atoms with Crippen LogP contribution in [0.25, 0.3) is 0 Å². The Labute approximate surface area is 192 Å². The Bertz CT molecular complexity index is 1060. The standard InChI is InChI=1S/C25H27ClN4O2/c26-21-6-4-19(5-7-21)24(23-3-1-2-12-27-23)28-25(32)20-8-13-29(14-9-20)17-18-30-15-10-22(31)11-16-30/h1-7,10-12,15-16,20,24H,8-9,13-14,17-18H2,(H,28,32)/t24-/m0/s1. The Hall–Kier alpha value is -2.96. The molecule has 1 fully saturated rings. The summed E-state index contributed by atoms with van der Waals surface area (Å²) in [5.41, 5.74) is 1.79. The second-order valence-corrected chi connectivity index (χ2v) is 8.57. The van der Waals surface area contributed by atoms with Crippen LogP contribution in [0.4, 0.5) is 0 Å². The zero-order chi connectivity index (χ0) is 22.3. The first-order valence-corrected chi connectivity index (χ1v) is 11.3. The van der Waals surface area contributed by atoms with E-state index in [-0.39, 0.29) is 23.3 Å². The van der Waals surface area contributed by atoms with Gasteiger partial charge in [-0.15, -0.1) is 0 Å². The van der Waals surface area contributed by atoms with Crippen molar-refractivity contribution in [3.8, 4) is 0 Å². The van der Waals surface area contributed by atoms with E-state index in [1.54, 1.807) is 18.3 Å². The van der Waals surface area contributed by atoms with Gasteiger partial charge in [-0.1, -0.05) is 29.8 Å². The number of nitrogens with zero attached hydrogens (tertiary/aromatic N) is 3. The van der Waals surface area contributed by atoms with Crippen molar-refractivity contribution in [3.05, 3.63) is 99.7 Å². The van der Waals surface area contributed by atoms with Crippen LogP contribution in [0.3, 0.4) is 0 Å². The highest BCUT2D eigenvalue weighted by Crippen LogP contribution is 2.24. The molecular weight excluding hydrogens is 424 g/mol. The molecule has 0 radical (unpaired) electrons. The summed E-state index contributed by atoms with van der Waals surface area (Å²) in [5.74, 6) is 0.0489. The van der Waals surface area contributed by atoms with Crippen LogP contribution < -0.4 is 10.7 Å². The summed E-state index contributed by atoms with van der Waals surface area (Å²) in [6.45, 7) is 3.50. The average molecular weight is 451 g/mol. The van der Waals surface area contributed by atoms with Gasteiger partial charge < -0.3 is 14.8 Å². The predicted molar refractivity (Wildman–Crippen MR) is 126 cm³/mol. The van der Waals surface area contributed by atoms with Crippen LogP contribution >= 0.6 is 11.6 Å². The van der Waals surface area contributed by atoms with Crippen molar-refractivity contribution in [2.45, 2.75) is 25.4 Å². The number of piperidine rings is 1. The lowest BCUT2D eigenvalue weighted by Gasteiger charge is -2.32. The third-order valence-corrected chi connectivity index (χ3v) is 6.22. The van der Waals surface area contributed by atoms with E-state index in [0.717, 1.165) is 50.3 Å². The van der Waals surface area contributed by atoms with Crippen LogP contribution in [-0.4, -0.2) is 40.0 Å². The lowest BCUT2D eigenvalue weighted by atomic mass is 9.94. The molecule has 2 aromatic heterocycles. The molecule has 0 unspecified atom stereocenters. The summed E-state index contributed by atoms with van der Waals surface area (Å²) in [4.78, 5) is 31.2. The van der Waals surface area contributed by atoms with Crippen LogP contribution in [0, 0.1) is 5.92 Å². The maximum atomic E-state index is 13.1. The van der Waals surface area contributed by atoms with Crippen molar-refractivity contribution in [1.29, 1.82) is 0 Å². The summed E-state index contributed by atoms with van der Waals surface area (Å²) in [5, 5.41) is 3.88. The van der Waals surface area contributed by atoms with E-state index in [9.17, 15) is 9.59 Å². The average Bonchev–Trinajstić information content (AvgIpc) is 2.83. The number of likely N-dealkylation sites (tertiary alicyclic amines) is 1. The molecule has 1 aliphatic rings. The van der Waals surface area contributed by atoms with Gasteiger partial charge in [0.25, 0.3) is 0 Å². The zero-order valence-electron chi connectivity index (χ0n) is 17.9. The number of nitrogens with one attached hydrogen (secondary N) is 1. The molecule has 166 valence electrons. The van der Waals surface area contributed by atoms with Gasteiger partial charge in [-0.3, -0.25) is 14.6 Å². The van der Waals surface area contributed by atoms with Gasteiger partial charge in [0.2, 0.25) is 5.91 Å². The summed E-state index contributed by atoms with van der Waals surface area (Å²) in [6, 6.07) is 16.1. The molecule has 1 aromatic carbocycles. The van der Waals surface area contributed by atoms with Crippen LogP contribution in [0.5, 0.6) is 0 Å². The van der Waals surface area contributed by atoms with Gasteiger partial charge in [-0.25, -0.2) is 0 Å². The van der Waals surface area contributed by atoms with Crippen molar-refractivity contribution in [1.82, 2.24) is 19.8 Å². The van der Waals surface area contributed by atoms with Crippen LogP contribution in [0.1, 0.15) is 30.1 Å². The predicted octanol–water partition coefficient (Wildman–Crippen LogP) is 3.51. The number of pyridine rings is 2. The van der Waals surface area contributed by atoms with E-state index in [1.165, 1.54) is 0 Å². The van der Waals surface area contributed by atoms with Crippen molar-refractivity contribution < 1.29 is 4.79 Å². The van der Waals surface area contributed by atoms with Crippen molar-refractivity contribution in [2.24, 2.45) is 5.92 Å². The molecular formula is C25H27ClN4O2. The molecule has 32 heavy (non-hydrogen) atoms. The molecule has 1 atom stereocenters. The molecule has 0 aliphatic carbocycles. The molecule has 1 amide bonds. The fraction of sp³-hybridized carbons (Fsp3) is 0.320. The summed E-state index contributed by atoms with van der Waals surface area (Å²) in [7, 11) is 0. The highest BCUT2D eigenvalue weighted by molar-refractivity contribution is 6.30. The Morgan fingerprint density at radius 3 is 2.41 bits per heavy atom. The molecule has 0 spiro atoms. The van der Waals surface area contributed by atoms with E-state index in [0.29, 0.717) is 5.02 Å². The molecule has 0 bridgehead atoms. The van der Waals surface area contributed by atoms with Gasteiger partial charge in [0.05, 0.1) is 11.7 Å². The monoisotopic (exact) mass is 450 g/mol. The lowest BCUT2D eigenvalue weighted by molar-refractivity contribution is -0.127. The van der Waals surface area contributed by atoms with Gasteiger partial charge >= 0.3 is 0 Å². The SMILES string of the molecule is O=C(N[C@@H](c1ccc(Cl)cc1)c1ccccn1)C1CCN(CCn2ccc(=O)cc2)CC1. The topological polar surface area (TPSA) is 67.2 Å². The molecule has 6 nitrogen and oxygen atoms in total. The maximum Gasteiger partial charge on any atom is 0.224 e. The fourth-order valence-corrected chi connectivity index (χ4v) is 4.18. The number of halogens is 1. The fourth-order valence-electron chi connectivity index (χ4n) is 4.06. The lowest BCUT2D eigenvalue weighted by Crippen LogP contribution is -2.42. The molecule has 1 aliphatic heterocycles. The largest absolute Gasteiger partial charge is 0.353 e. The first-order chi connectivity index (χ1) is 15.6. The third kappa shape index (κ3) is 5.84. The second kappa shape index (κ2) is 10.6. The first kappa shape index (κ1) is 22.2. The minimum Gasteiger partial charge on any atom is -0.353 e. The smallest absolute Gasteiger partial charge is 0.224 e. The Morgan fingerprint density at radius 2 is 1.75 bits per heavy atom. The Morgan fingerprint density at radius 1 is 1.03 bits per heavy atom. The number of hydrogen-bond donors (Lipinski definition) is 1. The minimum atomic E-state index is -0.306. The third-order valence-electron chi connectivity index (χ3n) is 5.97. The number of rotatable bonds is 7. The van der Waals surface area contributed by atoms with Gasteiger partial charge in [0, 0.05) is 54.8 Å². The highest BCUT2D eigenvalue weighted by Gasteiger charge is 2.27. The Kier molecular flexibility index (Phi) is 7.35. The van der Waals surface area contributed by atoms with Crippen molar-refractivity contribution in [3.63, 3.8) is 0 Å². The molecule has 7 heteroatoms. The maximum absolute atomic E-state index is 13.1. The Balaban J connectivity index is 1.34. The number of aromatic nitrogens is 2. The van der Waals surface area contributed by atoms with E-state index < -0.39 is 0 Å². The molecule has 0 saturated carbocycles. The molecule has 4 rings (SSSR count). The van der Waals surface area contributed by atoms with Crippen molar-refractivity contribution >= 4 is 17.5 Å². The number of amides is 1. The van der Waals surface area contributed by atoms with Crippen LogP contribution in [0.2, 0.25) is 5.02 Å². The minimum absolute atomic E-state index is 0.0165. The zero-order valence-corrected chi connectivity index (χ0v) is 18.6. The first-order valence-electron chi connectivity index (χ1n) is 10.9.